The zero-order chi connectivity index (χ0) is 12.8. The molecule has 4 heteroatoms. The normalized spacial score (nSPS) is 12.4. The molecule has 0 heterocycles. The number of hydrogen-bond acceptors (Lipinski definition) is 2. The second-order valence-electron chi connectivity index (χ2n) is 3.41. The minimum absolute atomic E-state index is 0.131. The van der Waals surface area contributed by atoms with Crippen molar-refractivity contribution in [2.75, 3.05) is 0 Å². The van der Waals surface area contributed by atoms with Crippen LogP contribution in [-0.2, 0) is 4.79 Å². The van der Waals surface area contributed by atoms with Crippen LogP contribution in [0, 0.1) is 0 Å². The van der Waals surface area contributed by atoms with Gasteiger partial charge < -0.3 is 9.84 Å². The van der Waals surface area contributed by atoms with Crippen LogP contribution in [0.2, 0.25) is 0 Å². The third kappa shape index (κ3) is 4.44. The van der Waals surface area contributed by atoms with Gasteiger partial charge in [0.15, 0.2) is 0 Å². The molecule has 0 saturated heterocycles. The number of ether oxygens (including phenoxy) is 1. The van der Waals surface area contributed by atoms with Gasteiger partial charge in [0.2, 0.25) is 0 Å². The molecule has 0 bridgehead atoms. The Kier molecular flexibility index (Phi) is 4.97. The summed E-state index contributed by atoms with van der Waals surface area (Å²) in [5, 5.41) is 8.61. The molecule has 0 radical (unpaired) electrons. The van der Waals surface area contributed by atoms with Gasteiger partial charge in [-0.15, -0.1) is 0 Å². The number of carboxylic acids is 1. The van der Waals surface area contributed by atoms with Gasteiger partial charge in [-0.1, -0.05) is 28.6 Å². The zero-order valence-electron chi connectivity index (χ0n) is 9.39. The van der Waals surface area contributed by atoms with Gasteiger partial charge in [-0.25, -0.2) is 4.79 Å². The highest BCUT2D eigenvalue weighted by Gasteiger charge is 2.05. The molecule has 0 saturated carbocycles. The fourth-order valence-corrected chi connectivity index (χ4v) is 1.55. The Morgan fingerprint density at radius 3 is 2.88 bits per heavy atom. The van der Waals surface area contributed by atoms with Crippen LogP contribution in [-0.4, -0.2) is 17.2 Å². The van der Waals surface area contributed by atoms with E-state index in [9.17, 15) is 4.79 Å². The highest BCUT2D eigenvalue weighted by Crippen LogP contribution is 2.25. The topological polar surface area (TPSA) is 46.5 Å². The molecule has 0 fully saturated rings. The maximum atomic E-state index is 10.5. The summed E-state index contributed by atoms with van der Waals surface area (Å²) in [4.78, 5) is 10.5. The Bertz CT molecular complexity index is 452. The van der Waals surface area contributed by atoms with Gasteiger partial charge in [0, 0.05) is 16.1 Å². The van der Waals surface area contributed by atoms with Crippen LogP contribution < -0.4 is 4.74 Å². The second-order valence-corrected chi connectivity index (χ2v) is 4.33. The smallest absolute Gasteiger partial charge is 0.328 e. The summed E-state index contributed by atoms with van der Waals surface area (Å²) < 4.78 is 6.46. The fraction of sp³-hybridized carbons (Fsp3) is 0.154. The predicted molar refractivity (Wildman–Crippen MR) is 71.1 cm³/mol. The lowest BCUT2D eigenvalue weighted by atomic mass is 10.2. The average Bonchev–Trinajstić information content (AvgIpc) is 2.29. The van der Waals surface area contributed by atoms with Gasteiger partial charge in [-0.05, 0) is 31.2 Å². The zero-order valence-corrected chi connectivity index (χ0v) is 11.0. The van der Waals surface area contributed by atoms with E-state index in [4.69, 9.17) is 9.84 Å². The van der Waals surface area contributed by atoms with Crippen LogP contribution in [0.5, 0.6) is 5.75 Å². The van der Waals surface area contributed by atoms with E-state index in [1.54, 1.807) is 18.2 Å². The number of halogens is 1. The van der Waals surface area contributed by atoms with Crippen molar-refractivity contribution >= 4 is 28.0 Å². The van der Waals surface area contributed by atoms with Crippen molar-refractivity contribution in [2.24, 2.45) is 0 Å². The molecule has 0 amide bonds. The molecule has 1 aromatic carbocycles. The van der Waals surface area contributed by atoms with Crippen molar-refractivity contribution in [3.63, 3.8) is 0 Å². The number of hydrogen-bond donors (Lipinski definition) is 1. The van der Waals surface area contributed by atoms with E-state index in [1.165, 1.54) is 6.08 Å². The molecular weight excluding hydrogens is 284 g/mol. The molecule has 1 N–H and O–H groups in total. The highest BCUT2D eigenvalue weighted by atomic mass is 79.9. The van der Waals surface area contributed by atoms with Crippen molar-refractivity contribution in [3.05, 3.63) is 47.0 Å². The molecule has 90 valence electrons. The van der Waals surface area contributed by atoms with E-state index in [0.717, 1.165) is 10.5 Å². The fourth-order valence-electron chi connectivity index (χ4n) is 1.17. The van der Waals surface area contributed by atoms with Gasteiger partial charge >= 0.3 is 5.97 Å². The maximum Gasteiger partial charge on any atom is 0.328 e. The number of carbonyl (C=O) groups is 1. The van der Waals surface area contributed by atoms with Crippen LogP contribution in [0.4, 0.5) is 0 Å². The largest absolute Gasteiger partial charge is 0.486 e. The monoisotopic (exact) mass is 296 g/mol. The minimum Gasteiger partial charge on any atom is -0.486 e. The first-order valence-corrected chi connectivity index (χ1v) is 5.82. The van der Waals surface area contributed by atoms with Crippen LogP contribution >= 0.6 is 15.9 Å². The third-order valence-electron chi connectivity index (χ3n) is 2.02. The number of carboxylic acid groups (broad SMARTS) is 1. The first-order valence-electron chi connectivity index (χ1n) is 5.02. The van der Waals surface area contributed by atoms with Gasteiger partial charge in [-0.2, -0.15) is 0 Å². The van der Waals surface area contributed by atoms with Gasteiger partial charge in [-0.3, -0.25) is 0 Å². The third-order valence-corrected chi connectivity index (χ3v) is 2.52. The van der Waals surface area contributed by atoms with E-state index < -0.39 is 5.97 Å². The summed E-state index contributed by atoms with van der Waals surface area (Å²) >= 11 is 3.33. The van der Waals surface area contributed by atoms with E-state index in [-0.39, 0.29) is 6.10 Å². The summed E-state index contributed by atoms with van der Waals surface area (Å²) in [5.41, 5.74) is 0.704. The first-order chi connectivity index (χ1) is 8.02. The van der Waals surface area contributed by atoms with E-state index in [2.05, 4.69) is 22.5 Å². The molecule has 1 aromatic rings. The van der Waals surface area contributed by atoms with Crippen molar-refractivity contribution in [1.29, 1.82) is 0 Å². The van der Waals surface area contributed by atoms with Gasteiger partial charge in [0.05, 0.1) is 0 Å². The molecule has 0 aliphatic heterocycles. The molecule has 0 aromatic heterocycles. The molecule has 0 spiro atoms. The summed E-state index contributed by atoms with van der Waals surface area (Å²) in [5.74, 6) is -0.370. The van der Waals surface area contributed by atoms with Crippen LogP contribution in [0.15, 0.2) is 41.4 Å². The number of benzene rings is 1. The molecular formula is C13H13BrO3. The van der Waals surface area contributed by atoms with Crippen molar-refractivity contribution in [3.8, 4) is 5.75 Å². The second kappa shape index (κ2) is 6.25. The lowest BCUT2D eigenvalue weighted by Gasteiger charge is -2.13. The molecule has 0 aliphatic rings. The molecule has 17 heavy (non-hydrogen) atoms. The standard InChI is InChI=1S/C13H13BrO3/c1-3-9(2)17-12-6-5-11(14)8-10(12)4-7-13(15)16/h3-9H,1H2,2H3,(H,15,16)/b7-4+. The number of aliphatic carboxylic acids is 1. The van der Waals surface area contributed by atoms with E-state index in [0.29, 0.717) is 11.3 Å². The lowest BCUT2D eigenvalue weighted by Crippen LogP contribution is -2.08. The van der Waals surface area contributed by atoms with E-state index in [1.807, 2.05) is 13.0 Å². The predicted octanol–water partition coefficient (Wildman–Crippen LogP) is 3.50. The highest BCUT2D eigenvalue weighted by molar-refractivity contribution is 9.10. The van der Waals surface area contributed by atoms with E-state index >= 15 is 0 Å². The molecule has 1 rings (SSSR count). The Balaban J connectivity index is 3.03. The summed E-state index contributed by atoms with van der Waals surface area (Å²) in [6.07, 6.45) is 4.12. The molecule has 1 atom stereocenters. The Hall–Kier alpha value is -1.55. The summed E-state index contributed by atoms with van der Waals surface area (Å²) in [7, 11) is 0. The lowest BCUT2D eigenvalue weighted by molar-refractivity contribution is -0.131. The molecule has 0 aliphatic carbocycles. The quantitative estimate of drug-likeness (QED) is 0.668. The Morgan fingerprint density at radius 1 is 1.59 bits per heavy atom. The van der Waals surface area contributed by atoms with Crippen LogP contribution in [0.3, 0.4) is 0 Å². The van der Waals surface area contributed by atoms with Crippen molar-refractivity contribution in [2.45, 2.75) is 13.0 Å². The molecule has 1 unspecified atom stereocenters. The minimum atomic E-state index is -0.993. The molecule has 3 nitrogen and oxygen atoms in total. The summed E-state index contributed by atoms with van der Waals surface area (Å²) in [6, 6.07) is 5.42. The Labute approximate surface area is 109 Å². The van der Waals surface area contributed by atoms with Crippen LogP contribution in [0.1, 0.15) is 12.5 Å². The summed E-state index contributed by atoms with van der Waals surface area (Å²) in [6.45, 7) is 5.49. The van der Waals surface area contributed by atoms with Crippen molar-refractivity contribution in [1.82, 2.24) is 0 Å². The SMILES string of the molecule is C=CC(C)Oc1ccc(Br)cc1/C=C/C(=O)O. The Morgan fingerprint density at radius 2 is 2.29 bits per heavy atom. The van der Waals surface area contributed by atoms with Crippen LogP contribution in [0.25, 0.3) is 6.08 Å². The average molecular weight is 297 g/mol. The van der Waals surface area contributed by atoms with Gasteiger partial charge in [0.1, 0.15) is 11.9 Å². The number of rotatable bonds is 5. The van der Waals surface area contributed by atoms with Gasteiger partial charge in [0.25, 0.3) is 0 Å². The maximum absolute atomic E-state index is 10.5. The first kappa shape index (κ1) is 13.5. The van der Waals surface area contributed by atoms with Crippen molar-refractivity contribution < 1.29 is 14.6 Å².